The van der Waals surface area contributed by atoms with Gasteiger partial charge in [-0.25, -0.2) is 0 Å². The molecule has 168 valence electrons. The number of carbonyl (C=O) groups is 2. The van der Waals surface area contributed by atoms with Gasteiger partial charge in [-0.05, 0) is 57.9 Å². The van der Waals surface area contributed by atoms with Gasteiger partial charge in [-0.2, -0.15) is 0 Å². The highest BCUT2D eigenvalue weighted by Crippen LogP contribution is 2.24. The van der Waals surface area contributed by atoms with Crippen LogP contribution in [-0.4, -0.2) is 34.6 Å². The number of carbonyl (C=O) groups excluding carboxylic acids is 2. The molecule has 0 saturated heterocycles. The third-order valence-corrected chi connectivity index (χ3v) is 6.44. The summed E-state index contributed by atoms with van der Waals surface area (Å²) in [5.74, 6) is 0.754. The van der Waals surface area contributed by atoms with Crippen LogP contribution in [0.5, 0.6) is 0 Å². The van der Waals surface area contributed by atoms with Gasteiger partial charge >= 0.3 is 0 Å². The van der Waals surface area contributed by atoms with Crippen LogP contribution < -0.4 is 5.32 Å². The van der Waals surface area contributed by atoms with E-state index in [2.05, 4.69) is 37.4 Å². The van der Waals surface area contributed by atoms with Crippen LogP contribution in [0.15, 0.2) is 36.4 Å². The quantitative estimate of drug-likeness (QED) is 0.494. The van der Waals surface area contributed by atoms with Crippen molar-refractivity contribution in [2.75, 3.05) is 5.75 Å². The maximum atomic E-state index is 13.1. The number of nitrogens with zero attached hydrogens (tertiary/aromatic N) is 1. The van der Waals surface area contributed by atoms with Crippen molar-refractivity contribution in [3.8, 4) is 0 Å². The van der Waals surface area contributed by atoms with E-state index in [9.17, 15) is 9.59 Å². The minimum Gasteiger partial charge on any atom is -0.352 e. The van der Waals surface area contributed by atoms with Crippen LogP contribution in [0, 0.1) is 13.8 Å². The molecule has 2 aromatic carbocycles. The lowest BCUT2D eigenvalue weighted by molar-refractivity contribution is -0.138. The molecule has 2 rings (SSSR count). The van der Waals surface area contributed by atoms with Crippen LogP contribution in [0.25, 0.3) is 0 Å². The van der Waals surface area contributed by atoms with Crippen molar-refractivity contribution in [3.05, 3.63) is 68.7 Å². The third kappa shape index (κ3) is 8.06. The van der Waals surface area contributed by atoms with E-state index < -0.39 is 6.04 Å². The molecule has 7 heteroatoms. The minimum absolute atomic E-state index is 0.00388. The van der Waals surface area contributed by atoms with Crippen molar-refractivity contribution in [2.24, 2.45) is 0 Å². The zero-order chi connectivity index (χ0) is 23.1. The van der Waals surface area contributed by atoms with Gasteiger partial charge in [0.05, 0.1) is 15.8 Å². The maximum absolute atomic E-state index is 13.1. The maximum Gasteiger partial charge on any atom is 0.242 e. The smallest absolute Gasteiger partial charge is 0.242 e. The molecule has 0 saturated carbocycles. The van der Waals surface area contributed by atoms with E-state index in [0.29, 0.717) is 10.0 Å². The van der Waals surface area contributed by atoms with Crippen LogP contribution in [0.2, 0.25) is 10.0 Å². The minimum atomic E-state index is -0.605. The van der Waals surface area contributed by atoms with Gasteiger partial charge in [-0.1, -0.05) is 58.6 Å². The summed E-state index contributed by atoms with van der Waals surface area (Å²) >= 11 is 13.7. The summed E-state index contributed by atoms with van der Waals surface area (Å²) in [6, 6.07) is 11.1. The first-order chi connectivity index (χ1) is 14.6. The highest BCUT2D eigenvalue weighted by molar-refractivity contribution is 7.99. The number of nitrogens with one attached hydrogen (secondary N) is 1. The number of amides is 2. The largest absolute Gasteiger partial charge is 0.352 e. The molecule has 1 N–H and O–H groups in total. The summed E-state index contributed by atoms with van der Waals surface area (Å²) < 4.78 is 0. The van der Waals surface area contributed by atoms with Crippen LogP contribution in [-0.2, 0) is 21.9 Å². The monoisotopic (exact) mass is 480 g/mol. The number of halogens is 2. The second-order valence-electron chi connectivity index (χ2n) is 8.10. The van der Waals surface area contributed by atoms with Gasteiger partial charge in [-0.15, -0.1) is 11.8 Å². The molecule has 0 heterocycles. The molecule has 31 heavy (non-hydrogen) atoms. The lowest BCUT2D eigenvalue weighted by Crippen LogP contribution is -2.49. The summed E-state index contributed by atoms with van der Waals surface area (Å²) in [6.45, 7) is 9.97. The highest BCUT2D eigenvalue weighted by Gasteiger charge is 2.26. The van der Waals surface area contributed by atoms with Crippen molar-refractivity contribution < 1.29 is 9.59 Å². The van der Waals surface area contributed by atoms with Crippen molar-refractivity contribution in [1.82, 2.24) is 10.2 Å². The Kier molecular flexibility index (Phi) is 9.73. The van der Waals surface area contributed by atoms with Gasteiger partial charge in [0, 0.05) is 18.3 Å². The number of rotatable bonds is 9. The van der Waals surface area contributed by atoms with Gasteiger partial charge in [0.15, 0.2) is 0 Å². The van der Waals surface area contributed by atoms with Gasteiger partial charge in [-0.3, -0.25) is 9.59 Å². The number of thioether (sulfide) groups is 1. The Hall–Kier alpha value is -1.69. The van der Waals surface area contributed by atoms with Gasteiger partial charge in [0.25, 0.3) is 0 Å². The second-order valence-corrected chi connectivity index (χ2v) is 9.90. The molecule has 0 aliphatic carbocycles. The zero-order valence-corrected chi connectivity index (χ0v) is 21.0. The molecule has 0 unspecified atom stereocenters. The van der Waals surface area contributed by atoms with E-state index in [-0.39, 0.29) is 30.2 Å². The fraction of sp³-hybridized carbons (Fsp3) is 0.417. The van der Waals surface area contributed by atoms with Crippen molar-refractivity contribution >= 4 is 46.8 Å². The van der Waals surface area contributed by atoms with E-state index in [1.54, 1.807) is 35.7 Å². The first-order valence-corrected chi connectivity index (χ1v) is 12.2. The zero-order valence-electron chi connectivity index (χ0n) is 18.7. The van der Waals surface area contributed by atoms with E-state index in [1.807, 2.05) is 19.9 Å². The topological polar surface area (TPSA) is 49.4 Å². The molecule has 4 nitrogen and oxygen atoms in total. The Morgan fingerprint density at radius 1 is 0.968 bits per heavy atom. The van der Waals surface area contributed by atoms with Crippen LogP contribution in [0.4, 0.5) is 0 Å². The second kappa shape index (κ2) is 11.8. The molecule has 0 bridgehead atoms. The molecule has 2 aromatic rings. The summed E-state index contributed by atoms with van der Waals surface area (Å²) in [7, 11) is 0. The Morgan fingerprint density at radius 2 is 1.61 bits per heavy atom. The first kappa shape index (κ1) is 25.6. The molecule has 0 radical (unpaired) electrons. The highest BCUT2D eigenvalue weighted by atomic mass is 35.5. The molecule has 0 aliphatic rings. The standard InChI is InChI=1S/C24H30Cl2N2O2S/c1-15(2)27-24(30)18(5)28(12-19-6-7-21(25)22(26)11-19)23(29)14-31-13-20-9-16(3)8-17(4)10-20/h6-11,15,18H,12-14H2,1-5H3,(H,27,30)/t18-/m1/s1. The average Bonchev–Trinajstić information content (AvgIpc) is 2.66. The number of aryl methyl sites for hydroxylation is 2. The molecule has 0 spiro atoms. The number of benzene rings is 2. The molecule has 0 aliphatic heterocycles. The summed E-state index contributed by atoms with van der Waals surface area (Å²) in [5, 5.41) is 3.77. The van der Waals surface area contributed by atoms with Crippen LogP contribution in [0.1, 0.15) is 43.0 Å². The summed E-state index contributed by atoms with van der Waals surface area (Å²) in [6.07, 6.45) is 0. The average molecular weight is 481 g/mol. The molecule has 2 amide bonds. The molecule has 1 atom stereocenters. The number of hydrogen-bond donors (Lipinski definition) is 1. The van der Waals surface area contributed by atoms with Crippen molar-refractivity contribution in [1.29, 1.82) is 0 Å². The molecular formula is C24H30Cl2N2O2S. The normalized spacial score (nSPS) is 12.0. The molecule has 0 fully saturated rings. The Morgan fingerprint density at radius 3 is 2.19 bits per heavy atom. The van der Waals surface area contributed by atoms with Gasteiger partial charge < -0.3 is 10.2 Å². The first-order valence-electron chi connectivity index (χ1n) is 10.3. The predicted molar refractivity (Wildman–Crippen MR) is 132 cm³/mol. The predicted octanol–water partition coefficient (Wildman–Crippen LogP) is 5.79. The van der Waals surface area contributed by atoms with Crippen LogP contribution >= 0.6 is 35.0 Å². The summed E-state index contributed by atoms with van der Waals surface area (Å²) in [5.41, 5.74) is 4.44. The molecular weight excluding hydrogens is 451 g/mol. The van der Waals surface area contributed by atoms with E-state index in [0.717, 1.165) is 11.3 Å². The fourth-order valence-corrected chi connectivity index (χ4v) is 4.48. The molecule has 0 aromatic heterocycles. The van der Waals surface area contributed by atoms with Gasteiger partial charge in [0.1, 0.15) is 6.04 Å². The van der Waals surface area contributed by atoms with E-state index in [1.165, 1.54) is 16.7 Å². The Labute approximate surface area is 199 Å². The van der Waals surface area contributed by atoms with E-state index >= 15 is 0 Å². The van der Waals surface area contributed by atoms with Crippen molar-refractivity contribution in [2.45, 2.75) is 59.0 Å². The lowest BCUT2D eigenvalue weighted by Gasteiger charge is -2.29. The van der Waals surface area contributed by atoms with Crippen LogP contribution in [0.3, 0.4) is 0 Å². The number of hydrogen-bond acceptors (Lipinski definition) is 3. The fourth-order valence-electron chi connectivity index (χ4n) is 3.31. The SMILES string of the molecule is Cc1cc(C)cc(CSCC(=O)N(Cc2ccc(Cl)c(Cl)c2)[C@H](C)C(=O)NC(C)C)c1. The third-order valence-electron chi connectivity index (χ3n) is 4.71. The van der Waals surface area contributed by atoms with E-state index in [4.69, 9.17) is 23.2 Å². The van der Waals surface area contributed by atoms with Crippen molar-refractivity contribution in [3.63, 3.8) is 0 Å². The lowest BCUT2D eigenvalue weighted by atomic mass is 10.1. The Bertz CT molecular complexity index is 914. The Balaban J connectivity index is 2.12. The summed E-state index contributed by atoms with van der Waals surface area (Å²) in [4.78, 5) is 27.3. The van der Waals surface area contributed by atoms with Gasteiger partial charge in [0.2, 0.25) is 11.8 Å².